The first-order valence-electron chi connectivity index (χ1n) is 7.11. The number of aromatic nitrogens is 1. The van der Waals surface area contributed by atoms with Crippen molar-refractivity contribution in [3.8, 4) is 0 Å². The average molecular weight is 382 g/mol. The number of carbonyl (C=O) groups is 2. The number of nitrogens with one attached hydrogen (secondary N) is 1. The summed E-state index contributed by atoms with van der Waals surface area (Å²) in [4.78, 5) is 33.9. The molecule has 2 rings (SSSR count). The van der Waals surface area contributed by atoms with Crippen molar-refractivity contribution in [3.05, 3.63) is 22.8 Å². The predicted molar refractivity (Wildman–Crippen MR) is 81.7 cm³/mol. The molecule has 2 heterocycles. The van der Waals surface area contributed by atoms with E-state index >= 15 is 0 Å². The summed E-state index contributed by atoms with van der Waals surface area (Å²) >= 11 is 5.91. The van der Waals surface area contributed by atoms with Crippen molar-refractivity contribution in [2.45, 2.75) is 6.18 Å². The number of halogens is 4. The van der Waals surface area contributed by atoms with E-state index in [1.54, 1.807) is 4.90 Å². The van der Waals surface area contributed by atoms with Crippen LogP contribution in [-0.4, -0.2) is 54.6 Å². The molecule has 12 heteroatoms. The lowest BCUT2D eigenvalue weighted by atomic mass is 10.2. The smallest absolute Gasteiger partial charge is 0.352 e. The Morgan fingerprint density at radius 1 is 1.32 bits per heavy atom. The third-order valence-electron chi connectivity index (χ3n) is 3.45. The molecular formula is C13H15ClF3N5O3. The molecule has 1 aromatic rings. The van der Waals surface area contributed by atoms with Gasteiger partial charge in [-0.1, -0.05) is 11.6 Å². The normalized spacial score (nSPS) is 15.2. The third kappa shape index (κ3) is 5.10. The van der Waals surface area contributed by atoms with Gasteiger partial charge in [-0.2, -0.15) is 13.2 Å². The number of alkyl halides is 3. The molecule has 0 unspecified atom stereocenters. The molecule has 0 saturated carbocycles. The van der Waals surface area contributed by atoms with Crippen LogP contribution in [0.4, 0.5) is 23.8 Å². The van der Waals surface area contributed by atoms with Crippen LogP contribution in [0.2, 0.25) is 5.02 Å². The van der Waals surface area contributed by atoms with Gasteiger partial charge in [0.1, 0.15) is 5.82 Å². The van der Waals surface area contributed by atoms with Crippen LogP contribution in [0.15, 0.2) is 12.3 Å². The summed E-state index contributed by atoms with van der Waals surface area (Å²) in [7, 11) is 0. The molecule has 1 aliphatic rings. The minimum atomic E-state index is -4.51. The minimum Gasteiger partial charge on any atom is -0.352 e. The van der Waals surface area contributed by atoms with E-state index in [2.05, 4.69) is 9.82 Å². The third-order valence-corrected chi connectivity index (χ3v) is 3.73. The van der Waals surface area contributed by atoms with Crippen molar-refractivity contribution in [1.82, 2.24) is 15.4 Å². The van der Waals surface area contributed by atoms with Gasteiger partial charge in [0, 0.05) is 32.4 Å². The number of pyridine rings is 1. The standard InChI is InChI=1S/C13H15ClF3N5O3/c14-9-5-8(13(15,16)17)6-19-11(9)22-3-1-21(2-4-22)10(23)7-25-20-12(18)24/h5-6H,1-4,7H2,(H3,18,20,24). The predicted octanol–water partition coefficient (Wildman–Crippen LogP) is 1.00. The summed E-state index contributed by atoms with van der Waals surface area (Å²) in [6.45, 7) is 0.915. The van der Waals surface area contributed by atoms with Crippen LogP contribution < -0.4 is 16.1 Å². The summed E-state index contributed by atoms with van der Waals surface area (Å²) in [6.07, 6.45) is -3.79. The highest BCUT2D eigenvalue weighted by Gasteiger charge is 2.32. The maximum Gasteiger partial charge on any atom is 0.417 e. The van der Waals surface area contributed by atoms with E-state index in [0.29, 0.717) is 26.2 Å². The molecule has 1 aromatic heterocycles. The van der Waals surface area contributed by atoms with Crippen LogP contribution in [0.5, 0.6) is 0 Å². The second kappa shape index (κ2) is 7.74. The minimum absolute atomic E-state index is 0.108. The molecular weight excluding hydrogens is 367 g/mol. The zero-order valence-electron chi connectivity index (χ0n) is 12.8. The SMILES string of the molecule is NC(=O)NOCC(=O)N1CCN(c2ncc(C(F)(F)F)cc2Cl)CC1. The maximum atomic E-state index is 12.6. The molecule has 0 aromatic carbocycles. The average Bonchev–Trinajstić information content (AvgIpc) is 2.53. The van der Waals surface area contributed by atoms with Crippen molar-refractivity contribution in [2.75, 3.05) is 37.7 Å². The number of carbonyl (C=O) groups excluding carboxylic acids is 2. The molecule has 1 aliphatic heterocycles. The number of hydrogen-bond donors (Lipinski definition) is 2. The first kappa shape index (κ1) is 19.1. The second-order valence-electron chi connectivity index (χ2n) is 5.15. The first-order valence-corrected chi connectivity index (χ1v) is 7.49. The van der Waals surface area contributed by atoms with Gasteiger partial charge in [0.2, 0.25) is 0 Å². The molecule has 0 radical (unpaired) electrons. The molecule has 3 N–H and O–H groups in total. The lowest BCUT2D eigenvalue weighted by Crippen LogP contribution is -2.50. The topological polar surface area (TPSA) is 101 Å². The second-order valence-corrected chi connectivity index (χ2v) is 5.56. The fraction of sp³-hybridized carbons (Fsp3) is 0.462. The van der Waals surface area contributed by atoms with Crippen LogP contribution in [0, 0.1) is 0 Å². The highest BCUT2D eigenvalue weighted by Crippen LogP contribution is 2.33. The Kier molecular flexibility index (Phi) is 5.90. The largest absolute Gasteiger partial charge is 0.417 e. The Morgan fingerprint density at radius 3 is 2.48 bits per heavy atom. The van der Waals surface area contributed by atoms with Gasteiger partial charge in [-0.3, -0.25) is 9.63 Å². The number of piperazine rings is 1. The van der Waals surface area contributed by atoms with E-state index in [4.69, 9.17) is 17.3 Å². The molecule has 25 heavy (non-hydrogen) atoms. The Morgan fingerprint density at radius 2 is 1.96 bits per heavy atom. The van der Waals surface area contributed by atoms with Gasteiger partial charge in [-0.25, -0.2) is 15.3 Å². The zero-order chi connectivity index (χ0) is 18.6. The van der Waals surface area contributed by atoms with E-state index < -0.39 is 17.8 Å². The lowest BCUT2D eigenvalue weighted by molar-refractivity contribution is -0.138. The molecule has 8 nitrogen and oxygen atoms in total. The highest BCUT2D eigenvalue weighted by atomic mass is 35.5. The number of amides is 3. The number of anilines is 1. The number of primary amides is 1. The number of nitrogens with zero attached hydrogens (tertiary/aromatic N) is 3. The van der Waals surface area contributed by atoms with Gasteiger partial charge in [0.15, 0.2) is 6.61 Å². The summed E-state index contributed by atoms with van der Waals surface area (Å²) in [5, 5.41) is -0.108. The highest BCUT2D eigenvalue weighted by molar-refractivity contribution is 6.33. The zero-order valence-corrected chi connectivity index (χ0v) is 13.6. The molecule has 138 valence electrons. The number of nitrogens with two attached hydrogens (primary N) is 1. The van der Waals surface area contributed by atoms with E-state index in [0.717, 1.165) is 12.3 Å². The van der Waals surface area contributed by atoms with Crippen molar-refractivity contribution >= 4 is 29.4 Å². The Bertz CT molecular complexity index is 650. The molecule has 1 saturated heterocycles. The van der Waals surface area contributed by atoms with Crippen LogP contribution >= 0.6 is 11.6 Å². The van der Waals surface area contributed by atoms with Crippen molar-refractivity contribution < 1.29 is 27.6 Å². The van der Waals surface area contributed by atoms with Crippen LogP contribution in [-0.2, 0) is 15.8 Å². The summed E-state index contributed by atoms with van der Waals surface area (Å²) in [5.74, 6) is -0.131. The number of rotatable bonds is 4. The Labute approximate surface area is 145 Å². The summed E-state index contributed by atoms with van der Waals surface area (Å²) < 4.78 is 37.9. The monoisotopic (exact) mass is 381 g/mol. The summed E-state index contributed by atoms with van der Waals surface area (Å²) in [6, 6.07) is -0.0919. The van der Waals surface area contributed by atoms with E-state index in [9.17, 15) is 22.8 Å². The molecule has 0 bridgehead atoms. The fourth-order valence-corrected chi connectivity index (χ4v) is 2.53. The molecule has 0 spiro atoms. The number of hydroxylamine groups is 1. The first-order chi connectivity index (χ1) is 11.7. The molecule has 0 atom stereocenters. The van der Waals surface area contributed by atoms with E-state index in [1.165, 1.54) is 4.90 Å². The van der Waals surface area contributed by atoms with E-state index in [-0.39, 0.29) is 23.4 Å². The molecule has 0 aliphatic carbocycles. The van der Waals surface area contributed by atoms with Crippen molar-refractivity contribution in [1.29, 1.82) is 0 Å². The Balaban J connectivity index is 1.92. The van der Waals surface area contributed by atoms with Gasteiger partial charge >= 0.3 is 12.2 Å². The number of urea groups is 1. The van der Waals surface area contributed by atoms with Crippen LogP contribution in [0.1, 0.15) is 5.56 Å². The lowest BCUT2D eigenvalue weighted by Gasteiger charge is -2.35. The number of hydrogen-bond acceptors (Lipinski definition) is 5. The van der Waals surface area contributed by atoms with Crippen LogP contribution in [0.3, 0.4) is 0 Å². The molecule has 1 fully saturated rings. The Hall–Kier alpha value is -2.27. The van der Waals surface area contributed by atoms with E-state index in [1.807, 2.05) is 5.48 Å². The van der Waals surface area contributed by atoms with Gasteiger partial charge in [-0.05, 0) is 6.07 Å². The van der Waals surface area contributed by atoms with Crippen molar-refractivity contribution in [2.24, 2.45) is 5.73 Å². The summed E-state index contributed by atoms with van der Waals surface area (Å²) in [5.41, 5.74) is 5.71. The quantitative estimate of drug-likeness (QED) is 0.758. The van der Waals surface area contributed by atoms with Gasteiger partial charge in [0.05, 0.1) is 10.6 Å². The molecule has 3 amide bonds. The maximum absolute atomic E-state index is 12.6. The van der Waals surface area contributed by atoms with Crippen molar-refractivity contribution in [3.63, 3.8) is 0 Å². The fourth-order valence-electron chi connectivity index (χ4n) is 2.25. The van der Waals surface area contributed by atoms with Gasteiger partial charge < -0.3 is 15.5 Å². The van der Waals surface area contributed by atoms with Gasteiger partial charge in [0.25, 0.3) is 5.91 Å². The van der Waals surface area contributed by atoms with Crippen LogP contribution in [0.25, 0.3) is 0 Å². The van der Waals surface area contributed by atoms with Gasteiger partial charge in [-0.15, -0.1) is 0 Å².